The summed E-state index contributed by atoms with van der Waals surface area (Å²) in [7, 11) is -5.85. The van der Waals surface area contributed by atoms with E-state index in [0.717, 1.165) is 54.6 Å². The number of rotatable bonds is 5. The lowest BCUT2D eigenvalue weighted by atomic mass is 9.84. The van der Waals surface area contributed by atoms with E-state index in [9.17, 15) is 21.6 Å². The Morgan fingerprint density at radius 2 is 0.885 bits per heavy atom. The molecule has 7 heteroatoms. The lowest BCUT2D eigenvalue weighted by molar-refractivity contribution is -0.0499. The fraction of sp³-hybridized carbons (Fsp3) is 0.0222. The normalized spacial score (nSPS) is 12.3. The van der Waals surface area contributed by atoms with Crippen LogP contribution in [0.3, 0.4) is 0 Å². The van der Waals surface area contributed by atoms with E-state index >= 15 is 0 Å². The number of halogens is 3. The van der Waals surface area contributed by atoms with Crippen LogP contribution in [-0.4, -0.2) is 13.9 Å². The van der Waals surface area contributed by atoms with Crippen LogP contribution in [0.1, 0.15) is 0 Å². The number of alkyl halides is 3. The van der Waals surface area contributed by atoms with Gasteiger partial charge in [-0.3, -0.25) is 0 Å². The molecule has 0 saturated carbocycles. The van der Waals surface area contributed by atoms with E-state index in [-0.39, 0.29) is 11.1 Å². The third-order valence-electron chi connectivity index (χ3n) is 9.78. The van der Waals surface area contributed by atoms with E-state index in [4.69, 9.17) is 0 Å². The summed E-state index contributed by atoms with van der Waals surface area (Å²) < 4.78 is 68.2. The molecule has 0 saturated heterocycles. The molecule has 3 nitrogen and oxygen atoms in total. The van der Waals surface area contributed by atoms with Gasteiger partial charge < -0.3 is 4.18 Å². The van der Waals surface area contributed by atoms with E-state index in [1.165, 1.54) is 28.5 Å². The van der Waals surface area contributed by atoms with Crippen LogP contribution in [0.15, 0.2) is 164 Å². The molecule has 0 aromatic heterocycles. The van der Waals surface area contributed by atoms with Gasteiger partial charge >= 0.3 is 15.6 Å². The van der Waals surface area contributed by atoms with Gasteiger partial charge in [-0.25, -0.2) is 0 Å². The molecule has 0 aliphatic rings. The zero-order valence-corrected chi connectivity index (χ0v) is 28.2. The van der Waals surface area contributed by atoms with E-state index in [2.05, 4.69) is 113 Å². The standard InChI is InChI=1S/C45H27F3O3S/c46-45(47,48)52(49,50)51-42-18-8-12-30-21-23-33(27-41(30)42)32-22-20-29-11-7-17-39(40(29)26-32)44-37-15-5-3-13-35(37)43(36-14-4-6-16-38(36)44)34-24-19-28-9-1-2-10-31(28)25-34/h1-27H. The van der Waals surface area contributed by atoms with Crippen LogP contribution < -0.4 is 4.18 Å². The van der Waals surface area contributed by atoms with Crippen LogP contribution >= 0.6 is 0 Å². The first-order valence-electron chi connectivity index (χ1n) is 16.7. The molecule has 0 aliphatic heterocycles. The number of benzene rings is 9. The first kappa shape index (κ1) is 31.8. The van der Waals surface area contributed by atoms with E-state index < -0.39 is 15.6 Å². The molecule has 0 unspecified atom stereocenters. The van der Waals surface area contributed by atoms with Gasteiger partial charge in [-0.15, -0.1) is 0 Å². The zero-order chi connectivity index (χ0) is 35.6. The van der Waals surface area contributed by atoms with E-state index in [1.54, 1.807) is 18.2 Å². The van der Waals surface area contributed by atoms with Crippen molar-refractivity contribution in [1.29, 1.82) is 0 Å². The van der Waals surface area contributed by atoms with Crippen LogP contribution in [0.2, 0.25) is 0 Å². The first-order chi connectivity index (χ1) is 25.2. The molecule has 0 amide bonds. The Morgan fingerprint density at radius 3 is 1.52 bits per heavy atom. The van der Waals surface area contributed by atoms with Crippen molar-refractivity contribution in [2.24, 2.45) is 0 Å². The zero-order valence-electron chi connectivity index (χ0n) is 27.4. The van der Waals surface area contributed by atoms with E-state index in [0.29, 0.717) is 10.9 Å². The third kappa shape index (κ3) is 5.24. The topological polar surface area (TPSA) is 43.4 Å². The predicted octanol–water partition coefficient (Wildman–Crippen LogP) is 12.7. The van der Waals surface area contributed by atoms with Crippen molar-refractivity contribution in [3.63, 3.8) is 0 Å². The first-order valence-corrected chi connectivity index (χ1v) is 18.1. The van der Waals surface area contributed by atoms with Gasteiger partial charge in [0.25, 0.3) is 0 Å². The number of hydrogen-bond donors (Lipinski definition) is 0. The lowest BCUT2D eigenvalue weighted by Gasteiger charge is -2.19. The van der Waals surface area contributed by atoms with Gasteiger partial charge in [-0.2, -0.15) is 21.6 Å². The second kappa shape index (κ2) is 12.0. The highest BCUT2D eigenvalue weighted by molar-refractivity contribution is 7.88. The summed E-state index contributed by atoms with van der Waals surface area (Å²) in [6, 6.07) is 54.0. The molecule has 0 atom stereocenters. The molecule has 9 rings (SSSR count). The second-order valence-corrected chi connectivity index (χ2v) is 14.4. The van der Waals surface area contributed by atoms with Gasteiger partial charge in [-0.1, -0.05) is 140 Å². The Kier molecular flexibility index (Phi) is 7.31. The number of hydrogen-bond acceptors (Lipinski definition) is 3. The highest BCUT2D eigenvalue weighted by Gasteiger charge is 2.48. The maximum atomic E-state index is 13.2. The quantitative estimate of drug-likeness (QED) is 0.102. The van der Waals surface area contributed by atoms with Gasteiger partial charge in [0, 0.05) is 5.39 Å². The summed E-state index contributed by atoms with van der Waals surface area (Å²) in [5.74, 6) is -0.386. The summed E-state index contributed by atoms with van der Waals surface area (Å²) in [6.45, 7) is 0. The largest absolute Gasteiger partial charge is 0.534 e. The molecule has 0 bridgehead atoms. The highest BCUT2D eigenvalue weighted by Crippen LogP contribution is 2.46. The smallest absolute Gasteiger partial charge is 0.375 e. The summed E-state index contributed by atoms with van der Waals surface area (Å²) in [5, 5.41) is 9.67. The fourth-order valence-electron chi connectivity index (χ4n) is 7.41. The van der Waals surface area contributed by atoms with Gasteiger partial charge in [0.2, 0.25) is 0 Å². The van der Waals surface area contributed by atoms with Crippen molar-refractivity contribution in [3.05, 3.63) is 164 Å². The van der Waals surface area contributed by atoms with Gasteiger partial charge in [0.1, 0.15) is 0 Å². The molecule has 0 aliphatic carbocycles. The highest BCUT2D eigenvalue weighted by atomic mass is 32.2. The monoisotopic (exact) mass is 704 g/mol. The minimum atomic E-state index is -5.85. The average Bonchev–Trinajstić information content (AvgIpc) is 3.16. The molecule has 0 radical (unpaired) electrons. The summed E-state index contributed by atoms with van der Waals surface area (Å²) >= 11 is 0. The van der Waals surface area contributed by atoms with Crippen molar-refractivity contribution in [3.8, 4) is 39.1 Å². The molecular weight excluding hydrogens is 678 g/mol. The van der Waals surface area contributed by atoms with Crippen LogP contribution in [0, 0.1) is 0 Å². The molecule has 9 aromatic carbocycles. The molecule has 0 N–H and O–H groups in total. The maximum Gasteiger partial charge on any atom is 0.534 e. The Balaban J connectivity index is 1.26. The van der Waals surface area contributed by atoms with Crippen LogP contribution in [0.5, 0.6) is 5.75 Å². The summed E-state index contributed by atoms with van der Waals surface area (Å²) in [5.41, 5.74) is 0.415. The Bertz CT molecular complexity index is 2950. The minimum absolute atomic E-state index is 0.252. The molecule has 0 heterocycles. The Hall–Kier alpha value is -6.18. The van der Waals surface area contributed by atoms with Crippen LogP contribution in [0.4, 0.5) is 13.2 Å². The molecule has 9 aromatic rings. The van der Waals surface area contributed by atoms with Gasteiger partial charge in [0.15, 0.2) is 5.75 Å². The van der Waals surface area contributed by atoms with Crippen LogP contribution in [-0.2, 0) is 10.1 Å². The van der Waals surface area contributed by atoms with Crippen molar-refractivity contribution in [2.75, 3.05) is 0 Å². The Labute approximate surface area is 297 Å². The average molecular weight is 705 g/mol. The lowest BCUT2D eigenvalue weighted by Crippen LogP contribution is -2.28. The third-order valence-corrected chi connectivity index (χ3v) is 10.7. The minimum Gasteiger partial charge on any atom is -0.375 e. The number of fused-ring (bicyclic) bond motifs is 5. The maximum absolute atomic E-state index is 13.2. The van der Waals surface area contributed by atoms with Crippen molar-refractivity contribution < 1.29 is 25.8 Å². The van der Waals surface area contributed by atoms with Crippen molar-refractivity contribution in [2.45, 2.75) is 5.51 Å². The molecule has 0 spiro atoms. The van der Waals surface area contributed by atoms with Crippen molar-refractivity contribution >= 4 is 64.0 Å². The summed E-state index contributed by atoms with van der Waals surface area (Å²) in [6.07, 6.45) is 0. The summed E-state index contributed by atoms with van der Waals surface area (Å²) in [4.78, 5) is 0. The van der Waals surface area contributed by atoms with Gasteiger partial charge in [0.05, 0.1) is 0 Å². The second-order valence-electron chi connectivity index (χ2n) is 12.8. The van der Waals surface area contributed by atoms with Crippen molar-refractivity contribution in [1.82, 2.24) is 0 Å². The fourth-order valence-corrected chi connectivity index (χ4v) is 7.88. The van der Waals surface area contributed by atoms with Crippen LogP contribution in [0.25, 0.3) is 87.2 Å². The van der Waals surface area contributed by atoms with E-state index in [1.807, 2.05) is 24.3 Å². The Morgan fingerprint density at radius 1 is 0.404 bits per heavy atom. The van der Waals surface area contributed by atoms with Gasteiger partial charge in [-0.05, 0) is 106 Å². The molecule has 52 heavy (non-hydrogen) atoms. The molecule has 252 valence electrons. The molecule has 0 fully saturated rings. The SMILES string of the molecule is O=S(=O)(Oc1cccc2ccc(-c3ccc4cccc(-c5c6ccccc6c(-c6ccc7ccccc7c6)c6ccccc56)c4c3)cc12)C(F)(F)F. The predicted molar refractivity (Wildman–Crippen MR) is 206 cm³/mol. The molecular formula is C45H27F3O3S.